The number of benzene rings is 1. The van der Waals surface area contributed by atoms with Crippen LogP contribution in [0.15, 0.2) is 55.4 Å². The molecule has 1 aromatic carbocycles. The summed E-state index contributed by atoms with van der Waals surface area (Å²) in [4.78, 5) is 12.3. The molecule has 0 bridgehead atoms. The molecule has 0 spiro atoms. The van der Waals surface area contributed by atoms with E-state index in [1.165, 1.54) is 89.0 Å². The van der Waals surface area contributed by atoms with Crippen molar-refractivity contribution >= 4 is 11.7 Å². The van der Waals surface area contributed by atoms with Crippen molar-refractivity contribution in [3.8, 4) is 0 Å². The number of aromatic nitrogens is 1. The third-order valence-electron chi connectivity index (χ3n) is 7.81. The van der Waals surface area contributed by atoms with Crippen molar-refractivity contribution in [2.45, 2.75) is 136 Å². The highest BCUT2D eigenvalue weighted by Crippen LogP contribution is 2.23. The molecule has 1 N–H and O–H groups in total. The molecule has 1 amide bonds. The Morgan fingerprint density at radius 1 is 0.850 bits per heavy atom. The van der Waals surface area contributed by atoms with E-state index in [9.17, 15) is 4.79 Å². The van der Waals surface area contributed by atoms with Crippen LogP contribution in [0.2, 0.25) is 0 Å². The smallest absolute Gasteiger partial charge is 0.407 e. The molecule has 0 radical (unpaired) electrons. The van der Waals surface area contributed by atoms with E-state index in [4.69, 9.17) is 4.74 Å². The van der Waals surface area contributed by atoms with Crippen molar-refractivity contribution in [2.24, 2.45) is 0 Å². The molecule has 2 rings (SSSR count). The number of nitrogens with zero attached hydrogens (tertiary/aromatic N) is 1. The average Bonchev–Trinajstić information content (AvgIpc) is 2.94. The van der Waals surface area contributed by atoms with Gasteiger partial charge in [0.2, 0.25) is 0 Å². The molecular formula is C36H57N2O2+. The normalized spacial score (nSPS) is 11.4. The summed E-state index contributed by atoms with van der Waals surface area (Å²) in [5, 5.41) is 3.01. The Morgan fingerprint density at radius 3 is 2.10 bits per heavy atom. The lowest BCUT2D eigenvalue weighted by Crippen LogP contribution is -2.41. The summed E-state index contributed by atoms with van der Waals surface area (Å²) in [6.45, 7) is 13.9. The summed E-state index contributed by atoms with van der Waals surface area (Å²) in [6.07, 6.45) is 23.2. The van der Waals surface area contributed by atoms with E-state index >= 15 is 0 Å². The van der Waals surface area contributed by atoms with E-state index in [1.54, 1.807) is 0 Å². The van der Waals surface area contributed by atoms with Crippen molar-refractivity contribution in [2.75, 3.05) is 6.61 Å². The monoisotopic (exact) mass is 549 g/mol. The molecule has 4 heteroatoms. The van der Waals surface area contributed by atoms with Crippen molar-refractivity contribution < 1.29 is 14.1 Å². The molecule has 222 valence electrons. The molecule has 2 aromatic rings. The first-order chi connectivity index (χ1) is 19.3. The molecule has 0 saturated heterocycles. The van der Waals surface area contributed by atoms with Gasteiger partial charge in [0.05, 0.1) is 12.1 Å². The van der Waals surface area contributed by atoms with Gasteiger partial charge < -0.3 is 10.1 Å². The fourth-order valence-corrected chi connectivity index (χ4v) is 5.07. The molecule has 1 aromatic heterocycles. The predicted molar refractivity (Wildman–Crippen MR) is 169 cm³/mol. The Balaban J connectivity index is 1.45. The van der Waals surface area contributed by atoms with Crippen molar-refractivity contribution in [1.29, 1.82) is 0 Å². The van der Waals surface area contributed by atoms with Crippen LogP contribution in [0.1, 0.15) is 134 Å². The average molecular weight is 550 g/mol. The minimum atomic E-state index is -0.502. The fourth-order valence-electron chi connectivity index (χ4n) is 5.07. The zero-order chi connectivity index (χ0) is 29.1. The van der Waals surface area contributed by atoms with Crippen LogP contribution < -0.4 is 9.88 Å². The maximum absolute atomic E-state index is 12.3. The van der Waals surface area contributed by atoms with Crippen LogP contribution >= 0.6 is 0 Å². The molecule has 4 nitrogen and oxygen atoms in total. The molecule has 0 fully saturated rings. The van der Waals surface area contributed by atoms with Gasteiger partial charge in [0.25, 0.3) is 0 Å². The number of allylic oxidation sites excluding steroid dienone is 1. The number of alkyl carbamates (subject to hydrolysis) is 1. The van der Waals surface area contributed by atoms with Gasteiger partial charge in [-0.3, -0.25) is 0 Å². The van der Waals surface area contributed by atoms with Crippen molar-refractivity contribution in [3.05, 3.63) is 72.1 Å². The Bertz CT molecular complexity index is 981. The highest BCUT2D eigenvalue weighted by atomic mass is 16.5. The summed E-state index contributed by atoms with van der Waals surface area (Å²) >= 11 is 0. The van der Waals surface area contributed by atoms with Gasteiger partial charge in [0, 0.05) is 18.6 Å². The SMILES string of the molecule is C=C(C)c1cccc(C(C)(C)NC(=O)OCCCCCCCCCC[n+]2ccc(CCCCCCCC)cc2)c1. The lowest BCUT2D eigenvalue weighted by atomic mass is 9.92. The molecule has 0 aliphatic heterocycles. The summed E-state index contributed by atoms with van der Waals surface area (Å²) in [5.41, 5.74) is 4.12. The second-order valence-electron chi connectivity index (χ2n) is 12.0. The number of ether oxygens (including phenoxy) is 1. The van der Waals surface area contributed by atoms with Gasteiger partial charge in [0.15, 0.2) is 12.4 Å². The third-order valence-corrected chi connectivity index (χ3v) is 7.81. The lowest BCUT2D eigenvalue weighted by Gasteiger charge is -2.27. The van der Waals surface area contributed by atoms with E-state index in [2.05, 4.69) is 54.0 Å². The van der Waals surface area contributed by atoms with Crippen LogP contribution in [0.3, 0.4) is 0 Å². The number of pyridine rings is 1. The van der Waals surface area contributed by atoms with E-state index in [0.717, 1.165) is 36.1 Å². The summed E-state index contributed by atoms with van der Waals surface area (Å²) in [6, 6.07) is 12.8. The highest BCUT2D eigenvalue weighted by molar-refractivity contribution is 5.69. The number of carbonyl (C=O) groups is 1. The second kappa shape index (κ2) is 19.5. The molecule has 0 aliphatic rings. The molecule has 0 aliphatic carbocycles. The first kappa shape index (κ1) is 33.6. The van der Waals surface area contributed by atoms with Crippen molar-refractivity contribution in [3.63, 3.8) is 0 Å². The summed E-state index contributed by atoms with van der Waals surface area (Å²) in [7, 11) is 0. The molecular weight excluding hydrogens is 492 g/mol. The fraction of sp³-hybridized carbons (Fsp3) is 0.611. The third kappa shape index (κ3) is 14.1. The van der Waals surface area contributed by atoms with Crippen LogP contribution in [-0.2, 0) is 23.2 Å². The Kier molecular flexibility index (Phi) is 16.3. The minimum Gasteiger partial charge on any atom is -0.450 e. The van der Waals surface area contributed by atoms with Crippen LogP contribution in [-0.4, -0.2) is 12.7 Å². The number of amides is 1. The van der Waals surface area contributed by atoms with Gasteiger partial charge in [-0.05, 0) is 69.2 Å². The zero-order valence-electron chi connectivity index (χ0n) is 26.1. The number of aryl methyl sites for hydroxylation is 2. The maximum Gasteiger partial charge on any atom is 0.407 e. The largest absolute Gasteiger partial charge is 0.450 e. The number of hydrogen-bond acceptors (Lipinski definition) is 2. The predicted octanol–water partition coefficient (Wildman–Crippen LogP) is 9.69. The quantitative estimate of drug-likeness (QED) is 0.124. The Labute approximate surface area is 245 Å². The van der Waals surface area contributed by atoms with Crippen molar-refractivity contribution in [1.82, 2.24) is 5.32 Å². The molecule has 0 atom stereocenters. The second-order valence-corrected chi connectivity index (χ2v) is 12.0. The van der Waals surface area contributed by atoms with Gasteiger partial charge in [0.1, 0.15) is 6.54 Å². The summed E-state index contributed by atoms with van der Waals surface area (Å²) in [5.74, 6) is 0. The van der Waals surface area contributed by atoms with Crippen LogP contribution in [0.4, 0.5) is 4.79 Å². The number of nitrogens with one attached hydrogen (secondary N) is 1. The Morgan fingerprint density at radius 2 is 1.45 bits per heavy atom. The molecule has 1 heterocycles. The van der Waals surface area contributed by atoms with Gasteiger partial charge in [-0.15, -0.1) is 0 Å². The first-order valence-corrected chi connectivity index (χ1v) is 16.0. The van der Waals surface area contributed by atoms with Crippen LogP contribution in [0, 0.1) is 0 Å². The zero-order valence-corrected chi connectivity index (χ0v) is 26.1. The standard InChI is InChI=1S/C36H56N2O2/c1-6-7-8-9-14-17-21-32-24-27-38(28-25-32)26-18-15-12-10-11-13-16-19-29-40-35(39)37-36(4,5)34-23-20-22-33(30-34)31(2)3/h20,22-25,27-28,30H,2,6-19,21,26,29H2,1,3-5H3/p+1. The van der Waals surface area contributed by atoms with Gasteiger partial charge in [-0.1, -0.05) is 101 Å². The maximum atomic E-state index is 12.3. The first-order valence-electron chi connectivity index (χ1n) is 16.0. The van der Waals surface area contributed by atoms with Gasteiger partial charge in [-0.25, -0.2) is 9.36 Å². The van der Waals surface area contributed by atoms with E-state index in [1.807, 2.05) is 39.0 Å². The topological polar surface area (TPSA) is 42.2 Å². The van der Waals surface area contributed by atoms with Gasteiger partial charge in [-0.2, -0.15) is 0 Å². The van der Waals surface area contributed by atoms with E-state index in [0.29, 0.717) is 6.61 Å². The number of hydrogen-bond donors (Lipinski definition) is 1. The molecule has 40 heavy (non-hydrogen) atoms. The minimum absolute atomic E-state index is 0.351. The van der Waals surface area contributed by atoms with E-state index in [-0.39, 0.29) is 6.09 Å². The van der Waals surface area contributed by atoms with E-state index < -0.39 is 5.54 Å². The van der Waals surface area contributed by atoms with Crippen LogP contribution in [0.5, 0.6) is 0 Å². The van der Waals surface area contributed by atoms with Gasteiger partial charge >= 0.3 is 6.09 Å². The number of unbranched alkanes of at least 4 members (excludes halogenated alkanes) is 12. The van der Waals surface area contributed by atoms with Crippen LogP contribution in [0.25, 0.3) is 5.57 Å². The lowest BCUT2D eigenvalue weighted by molar-refractivity contribution is -0.697. The summed E-state index contributed by atoms with van der Waals surface area (Å²) < 4.78 is 7.79. The molecule has 0 saturated carbocycles. The number of carbonyl (C=O) groups excluding carboxylic acids is 1. The molecule has 0 unspecified atom stereocenters. The highest BCUT2D eigenvalue weighted by Gasteiger charge is 2.23. The Hall–Kier alpha value is -2.62. The number of rotatable bonds is 21.